The molecule has 3 nitrogen and oxygen atoms in total. The summed E-state index contributed by atoms with van der Waals surface area (Å²) in [5.74, 6) is -0.0404. The lowest BCUT2D eigenvalue weighted by molar-refractivity contribution is -0.114. The fraction of sp³-hybridized carbons (Fsp3) is 0.133. The first-order valence-electron chi connectivity index (χ1n) is 5.99. The largest absolute Gasteiger partial charge is 0.487 e. The number of hydrogen-bond acceptors (Lipinski definition) is 2. The van der Waals surface area contributed by atoms with Gasteiger partial charge in [-0.2, -0.15) is 0 Å². The van der Waals surface area contributed by atoms with Gasteiger partial charge < -0.3 is 10.1 Å². The van der Waals surface area contributed by atoms with Crippen LogP contribution in [0.25, 0.3) is 0 Å². The zero-order valence-corrected chi connectivity index (χ0v) is 11.6. The highest BCUT2D eigenvalue weighted by Crippen LogP contribution is 2.26. The summed E-state index contributed by atoms with van der Waals surface area (Å²) in [5.41, 5.74) is 1.25. The Morgan fingerprint density at radius 3 is 2.75 bits per heavy atom. The smallest absolute Gasteiger partial charge is 0.221 e. The quantitative estimate of drug-likeness (QED) is 0.925. The number of ether oxygens (including phenoxy) is 1. The zero-order chi connectivity index (χ0) is 14.5. The normalized spacial score (nSPS) is 10.2. The molecule has 0 saturated carbocycles. The molecule has 0 aromatic heterocycles. The summed E-state index contributed by atoms with van der Waals surface area (Å²) in [6.45, 7) is 1.61. The van der Waals surface area contributed by atoms with Gasteiger partial charge in [0.15, 0.2) is 0 Å². The van der Waals surface area contributed by atoms with Crippen molar-refractivity contribution in [1.82, 2.24) is 0 Å². The number of amides is 1. The van der Waals surface area contributed by atoms with E-state index in [-0.39, 0.29) is 12.5 Å². The maximum Gasteiger partial charge on any atom is 0.221 e. The lowest BCUT2D eigenvalue weighted by Crippen LogP contribution is -2.08. The molecular formula is C15H13ClFNO2. The van der Waals surface area contributed by atoms with Crippen LogP contribution in [0.2, 0.25) is 5.02 Å². The van der Waals surface area contributed by atoms with Crippen LogP contribution >= 0.6 is 11.6 Å². The van der Waals surface area contributed by atoms with E-state index in [1.54, 1.807) is 30.3 Å². The first-order valence-corrected chi connectivity index (χ1v) is 6.37. The van der Waals surface area contributed by atoms with Crippen molar-refractivity contribution in [3.05, 3.63) is 58.9 Å². The summed E-state index contributed by atoms with van der Waals surface area (Å²) in [4.78, 5) is 11.1. The average molecular weight is 294 g/mol. The summed E-state index contributed by atoms with van der Waals surface area (Å²) < 4.78 is 18.6. The van der Waals surface area contributed by atoms with Crippen molar-refractivity contribution >= 4 is 23.2 Å². The van der Waals surface area contributed by atoms with Gasteiger partial charge in [-0.1, -0.05) is 29.8 Å². The van der Waals surface area contributed by atoms with Crippen molar-refractivity contribution < 1.29 is 13.9 Å². The van der Waals surface area contributed by atoms with Crippen molar-refractivity contribution in [2.75, 3.05) is 5.32 Å². The molecule has 0 unspecified atom stereocenters. The van der Waals surface area contributed by atoms with Gasteiger partial charge in [0.2, 0.25) is 5.91 Å². The Balaban J connectivity index is 2.12. The number of hydrogen-bond donors (Lipinski definition) is 1. The van der Waals surface area contributed by atoms with E-state index in [2.05, 4.69) is 5.32 Å². The Hall–Kier alpha value is -2.07. The van der Waals surface area contributed by atoms with E-state index in [4.69, 9.17) is 16.3 Å². The van der Waals surface area contributed by atoms with Crippen LogP contribution in [0.4, 0.5) is 10.1 Å². The van der Waals surface area contributed by atoms with E-state index in [0.29, 0.717) is 22.0 Å². The number of para-hydroxylation sites is 2. The van der Waals surface area contributed by atoms with Gasteiger partial charge >= 0.3 is 0 Å². The number of benzene rings is 2. The van der Waals surface area contributed by atoms with Crippen molar-refractivity contribution in [3.63, 3.8) is 0 Å². The van der Waals surface area contributed by atoms with Gasteiger partial charge in [-0.25, -0.2) is 4.39 Å². The van der Waals surface area contributed by atoms with Crippen LogP contribution in [0.1, 0.15) is 12.5 Å². The van der Waals surface area contributed by atoms with Crippen LogP contribution in [0.5, 0.6) is 5.75 Å². The monoisotopic (exact) mass is 293 g/mol. The summed E-state index contributed by atoms with van der Waals surface area (Å²) in [5, 5.41) is 2.98. The SMILES string of the molecule is CC(=O)Nc1ccccc1OCc1ccc(F)cc1Cl. The molecule has 0 aliphatic carbocycles. The maximum atomic E-state index is 12.9. The van der Waals surface area contributed by atoms with Crippen molar-refractivity contribution in [3.8, 4) is 5.75 Å². The molecule has 2 rings (SSSR count). The number of rotatable bonds is 4. The van der Waals surface area contributed by atoms with Crippen LogP contribution in [0, 0.1) is 5.82 Å². The topological polar surface area (TPSA) is 38.3 Å². The fourth-order valence-corrected chi connectivity index (χ4v) is 1.90. The minimum absolute atomic E-state index is 0.180. The van der Waals surface area contributed by atoms with Crippen LogP contribution in [0.3, 0.4) is 0 Å². The zero-order valence-electron chi connectivity index (χ0n) is 10.8. The van der Waals surface area contributed by atoms with Crippen LogP contribution in [0.15, 0.2) is 42.5 Å². The fourth-order valence-electron chi connectivity index (χ4n) is 1.68. The predicted molar refractivity (Wildman–Crippen MR) is 76.5 cm³/mol. The third-order valence-corrected chi connectivity index (χ3v) is 2.95. The van der Waals surface area contributed by atoms with Crippen LogP contribution in [-0.4, -0.2) is 5.91 Å². The Bertz CT molecular complexity index is 631. The minimum Gasteiger partial charge on any atom is -0.487 e. The summed E-state index contributed by atoms with van der Waals surface area (Å²) in [6.07, 6.45) is 0. The summed E-state index contributed by atoms with van der Waals surface area (Å²) in [6, 6.07) is 11.2. The summed E-state index contributed by atoms with van der Waals surface area (Å²) in [7, 11) is 0. The molecule has 0 aliphatic rings. The van der Waals surface area contributed by atoms with Gasteiger partial charge in [0, 0.05) is 12.5 Å². The number of carbonyl (C=O) groups is 1. The number of halogens is 2. The Morgan fingerprint density at radius 2 is 2.05 bits per heavy atom. The third kappa shape index (κ3) is 3.71. The second-order valence-electron chi connectivity index (χ2n) is 4.20. The minimum atomic E-state index is -0.391. The van der Waals surface area contributed by atoms with Gasteiger partial charge in [-0.3, -0.25) is 4.79 Å². The average Bonchev–Trinajstić information content (AvgIpc) is 2.39. The number of nitrogens with one attached hydrogen (secondary N) is 1. The third-order valence-electron chi connectivity index (χ3n) is 2.60. The molecular weight excluding hydrogens is 281 g/mol. The lowest BCUT2D eigenvalue weighted by Gasteiger charge is -2.12. The lowest BCUT2D eigenvalue weighted by atomic mass is 10.2. The number of anilines is 1. The van der Waals surface area contributed by atoms with E-state index in [9.17, 15) is 9.18 Å². The Morgan fingerprint density at radius 1 is 1.30 bits per heavy atom. The highest BCUT2D eigenvalue weighted by Gasteiger charge is 2.07. The maximum absolute atomic E-state index is 12.9. The molecule has 20 heavy (non-hydrogen) atoms. The molecule has 104 valence electrons. The molecule has 1 amide bonds. The molecule has 0 heterocycles. The van der Waals surface area contributed by atoms with E-state index in [1.165, 1.54) is 19.1 Å². The molecule has 0 spiro atoms. The van der Waals surface area contributed by atoms with E-state index in [0.717, 1.165) is 0 Å². The molecule has 2 aromatic rings. The molecule has 0 aliphatic heterocycles. The van der Waals surface area contributed by atoms with Crippen molar-refractivity contribution in [1.29, 1.82) is 0 Å². The Labute approximate surface area is 121 Å². The second-order valence-corrected chi connectivity index (χ2v) is 4.61. The van der Waals surface area contributed by atoms with E-state index in [1.807, 2.05) is 0 Å². The van der Waals surface area contributed by atoms with Gasteiger partial charge in [0.1, 0.15) is 18.2 Å². The highest BCUT2D eigenvalue weighted by molar-refractivity contribution is 6.31. The molecule has 5 heteroatoms. The molecule has 0 atom stereocenters. The molecule has 0 fully saturated rings. The predicted octanol–water partition coefficient (Wildman–Crippen LogP) is 4.02. The standard InChI is InChI=1S/C15H13ClFNO2/c1-10(19)18-14-4-2-3-5-15(14)20-9-11-6-7-12(17)8-13(11)16/h2-8H,9H2,1H3,(H,18,19). The second kappa shape index (κ2) is 6.39. The molecule has 0 bridgehead atoms. The van der Waals surface area contributed by atoms with Crippen molar-refractivity contribution in [2.45, 2.75) is 13.5 Å². The molecule has 2 aromatic carbocycles. The van der Waals surface area contributed by atoms with Gasteiger partial charge in [-0.05, 0) is 24.3 Å². The van der Waals surface area contributed by atoms with Crippen LogP contribution < -0.4 is 10.1 Å². The molecule has 0 saturated heterocycles. The van der Waals surface area contributed by atoms with Crippen molar-refractivity contribution in [2.24, 2.45) is 0 Å². The van der Waals surface area contributed by atoms with Crippen LogP contribution in [-0.2, 0) is 11.4 Å². The number of carbonyl (C=O) groups excluding carboxylic acids is 1. The first kappa shape index (κ1) is 14.3. The Kier molecular flexibility index (Phi) is 4.58. The summed E-state index contributed by atoms with van der Waals surface area (Å²) >= 11 is 5.93. The van der Waals surface area contributed by atoms with E-state index >= 15 is 0 Å². The molecule has 1 N–H and O–H groups in total. The van der Waals surface area contributed by atoms with Gasteiger partial charge in [0.25, 0.3) is 0 Å². The highest BCUT2D eigenvalue weighted by atomic mass is 35.5. The van der Waals surface area contributed by atoms with Gasteiger partial charge in [-0.15, -0.1) is 0 Å². The van der Waals surface area contributed by atoms with Gasteiger partial charge in [0.05, 0.1) is 10.7 Å². The van der Waals surface area contributed by atoms with E-state index < -0.39 is 5.82 Å². The molecule has 0 radical (unpaired) electrons. The first-order chi connectivity index (χ1) is 9.56.